The van der Waals surface area contributed by atoms with Crippen LogP contribution in [0.3, 0.4) is 0 Å². The Morgan fingerprint density at radius 2 is 1.96 bits per heavy atom. The molecular formula is C23H29N3O. The molecule has 1 atom stereocenters. The van der Waals surface area contributed by atoms with Gasteiger partial charge in [0, 0.05) is 24.3 Å². The molecule has 1 aliphatic rings. The van der Waals surface area contributed by atoms with Crippen LogP contribution in [0.2, 0.25) is 0 Å². The largest absolute Gasteiger partial charge is 0.396 e. The number of aliphatic hydroxyl groups is 1. The van der Waals surface area contributed by atoms with Gasteiger partial charge in [0.2, 0.25) is 0 Å². The number of benzene rings is 1. The van der Waals surface area contributed by atoms with Gasteiger partial charge in [-0.25, -0.2) is 0 Å². The molecule has 27 heavy (non-hydrogen) atoms. The van der Waals surface area contributed by atoms with Crippen LogP contribution < -0.4 is 0 Å². The van der Waals surface area contributed by atoms with E-state index in [4.69, 9.17) is 10.2 Å². The highest BCUT2D eigenvalue weighted by molar-refractivity contribution is 5.31. The molecule has 0 radical (unpaired) electrons. The molecule has 3 rings (SSSR count). The molecule has 2 heterocycles. The summed E-state index contributed by atoms with van der Waals surface area (Å²) < 4.78 is 0. The van der Waals surface area contributed by atoms with Gasteiger partial charge in [-0.3, -0.25) is 9.88 Å². The van der Waals surface area contributed by atoms with Gasteiger partial charge in [-0.1, -0.05) is 18.2 Å². The van der Waals surface area contributed by atoms with Gasteiger partial charge >= 0.3 is 0 Å². The van der Waals surface area contributed by atoms with Crippen molar-refractivity contribution in [2.24, 2.45) is 5.41 Å². The SMILES string of the molecule is Cc1cccc(C(C)(C)N2CC[C@](CO)(CCc3ccc(C#N)cc3)C2)n1. The summed E-state index contributed by atoms with van der Waals surface area (Å²) in [4.78, 5) is 7.20. The molecule has 1 saturated heterocycles. The van der Waals surface area contributed by atoms with Gasteiger partial charge in [0.25, 0.3) is 0 Å². The first-order chi connectivity index (χ1) is 12.9. The number of rotatable bonds is 6. The lowest BCUT2D eigenvalue weighted by atomic mass is 9.82. The van der Waals surface area contributed by atoms with E-state index in [2.05, 4.69) is 36.9 Å². The summed E-state index contributed by atoms with van der Waals surface area (Å²) in [6.07, 6.45) is 2.86. The minimum absolute atomic E-state index is 0.0744. The second kappa shape index (κ2) is 7.80. The molecule has 0 bridgehead atoms. The summed E-state index contributed by atoms with van der Waals surface area (Å²) in [7, 11) is 0. The van der Waals surface area contributed by atoms with Crippen molar-refractivity contribution in [2.45, 2.75) is 45.6 Å². The molecule has 0 aliphatic carbocycles. The summed E-state index contributed by atoms with van der Waals surface area (Å²) >= 11 is 0. The predicted octanol–water partition coefficient (Wildman–Crippen LogP) is 3.81. The fraction of sp³-hybridized carbons (Fsp3) is 0.478. The van der Waals surface area contributed by atoms with Gasteiger partial charge < -0.3 is 5.11 Å². The predicted molar refractivity (Wildman–Crippen MR) is 107 cm³/mol. The molecule has 2 aromatic rings. The second-order valence-corrected chi connectivity index (χ2v) is 8.36. The average Bonchev–Trinajstić information content (AvgIpc) is 3.13. The van der Waals surface area contributed by atoms with Gasteiger partial charge in [0.15, 0.2) is 0 Å². The number of nitriles is 1. The number of aryl methyl sites for hydroxylation is 2. The summed E-state index contributed by atoms with van der Waals surface area (Å²) in [5.74, 6) is 0. The van der Waals surface area contributed by atoms with E-state index in [0.29, 0.717) is 5.56 Å². The number of hydrogen-bond donors (Lipinski definition) is 1. The maximum Gasteiger partial charge on any atom is 0.0991 e. The Morgan fingerprint density at radius 1 is 1.22 bits per heavy atom. The van der Waals surface area contributed by atoms with Gasteiger partial charge in [-0.15, -0.1) is 0 Å². The number of hydrogen-bond acceptors (Lipinski definition) is 4. The Hall–Kier alpha value is -2.22. The first-order valence-corrected chi connectivity index (χ1v) is 9.68. The van der Waals surface area contributed by atoms with Gasteiger partial charge in [0.1, 0.15) is 0 Å². The smallest absolute Gasteiger partial charge is 0.0991 e. The fourth-order valence-electron chi connectivity index (χ4n) is 4.03. The van der Waals surface area contributed by atoms with Crippen molar-refractivity contribution in [2.75, 3.05) is 19.7 Å². The lowest BCUT2D eigenvalue weighted by Gasteiger charge is -2.37. The average molecular weight is 364 g/mol. The zero-order chi connectivity index (χ0) is 19.5. The van der Waals surface area contributed by atoms with Crippen molar-refractivity contribution >= 4 is 0 Å². The van der Waals surface area contributed by atoms with Gasteiger partial charge in [0.05, 0.1) is 22.9 Å². The lowest BCUT2D eigenvalue weighted by molar-refractivity contribution is 0.0853. The molecule has 1 aromatic carbocycles. The standard InChI is InChI=1S/C23H29N3O/c1-18-5-4-6-21(25-18)22(2,3)26-14-13-23(16-26,17-27)12-11-19-7-9-20(15-24)10-8-19/h4-10,27H,11-14,16-17H2,1-3H3/t23-/m1/s1. The van der Waals surface area contributed by atoms with Crippen LogP contribution in [0.25, 0.3) is 0 Å². The highest BCUT2D eigenvalue weighted by Crippen LogP contribution is 2.40. The van der Waals surface area contributed by atoms with E-state index >= 15 is 0 Å². The summed E-state index contributed by atoms with van der Waals surface area (Å²) in [5, 5.41) is 19.1. The van der Waals surface area contributed by atoms with Crippen LogP contribution >= 0.6 is 0 Å². The Balaban J connectivity index is 1.70. The van der Waals surface area contributed by atoms with E-state index in [0.717, 1.165) is 43.7 Å². The van der Waals surface area contributed by atoms with E-state index in [1.165, 1.54) is 5.56 Å². The highest BCUT2D eigenvalue weighted by atomic mass is 16.3. The van der Waals surface area contributed by atoms with E-state index < -0.39 is 0 Å². The minimum atomic E-state index is -0.155. The number of pyridine rings is 1. The monoisotopic (exact) mass is 363 g/mol. The second-order valence-electron chi connectivity index (χ2n) is 8.36. The first-order valence-electron chi connectivity index (χ1n) is 9.68. The summed E-state index contributed by atoms with van der Waals surface area (Å²) in [5.41, 5.74) is 3.80. The third-order valence-electron chi connectivity index (χ3n) is 6.11. The lowest BCUT2D eigenvalue weighted by Crippen LogP contribution is -2.42. The van der Waals surface area contributed by atoms with Crippen LogP contribution in [-0.2, 0) is 12.0 Å². The number of aromatic nitrogens is 1. The van der Waals surface area contributed by atoms with Crippen LogP contribution in [0, 0.1) is 23.7 Å². The summed E-state index contributed by atoms with van der Waals surface area (Å²) in [6, 6.07) is 16.1. The molecule has 142 valence electrons. The molecule has 0 spiro atoms. The first kappa shape index (κ1) is 19.5. The quantitative estimate of drug-likeness (QED) is 0.848. The summed E-state index contributed by atoms with van der Waals surface area (Å²) in [6.45, 7) is 8.53. The van der Waals surface area contributed by atoms with E-state index in [1.807, 2.05) is 37.3 Å². The Bertz CT molecular complexity index is 822. The molecule has 4 nitrogen and oxygen atoms in total. The molecule has 0 amide bonds. The Morgan fingerprint density at radius 3 is 2.59 bits per heavy atom. The fourth-order valence-corrected chi connectivity index (χ4v) is 4.03. The van der Waals surface area contributed by atoms with Crippen molar-refractivity contribution in [3.8, 4) is 6.07 Å². The topological polar surface area (TPSA) is 60.1 Å². The zero-order valence-electron chi connectivity index (χ0n) is 16.6. The minimum Gasteiger partial charge on any atom is -0.396 e. The zero-order valence-corrected chi connectivity index (χ0v) is 16.6. The van der Waals surface area contributed by atoms with Crippen LogP contribution in [0.15, 0.2) is 42.5 Å². The number of likely N-dealkylation sites (tertiary alicyclic amines) is 1. The van der Waals surface area contributed by atoms with E-state index in [9.17, 15) is 5.11 Å². The van der Waals surface area contributed by atoms with Crippen molar-refractivity contribution in [3.63, 3.8) is 0 Å². The van der Waals surface area contributed by atoms with E-state index in [-0.39, 0.29) is 17.6 Å². The molecule has 1 fully saturated rings. The van der Waals surface area contributed by atoms with Crippen LogP contribution in [0.1, 0.15) is 49.2 Å². The molecule has 1 aromatic heterocycles. The van der Waals surface area contributed by atoms with E-state index in [1.54, 1.807) is 0 Å². The molecule has 0 unspecified atom stereocenters. The maximum absolute atomic E-state index is 10.2. The van der Waals surface area contributed by atoms with Crippen molar-refractivity contribution in [1.82, 2.24) is 9.88 Å². The van der Waals surface area contributed by atoms with Crippen LogP contribution in [0.4, 0.5) is 0 Å². The van der Waals surface area contributed by atoms with Crippen LogP contribution in [-0.4, -0.2) is 34.7 Å². The highest BCUT2D eigenvalue weighted by Gasteiger charge is 2.43. The van der Waals surface area contributed by atoms with Crippen molar-refractivity contribution in [1.29, 1.82) is 5.26 Å². The van der Waals surface area contributed by atoms with Gasteiger partial charge in [-0.05, 0) is 76.4 Å². The maximum atomic E-state index is 10.2. The molecule has 0 saturated carbocycles. The van der Waals surface area contributed by atoms with Crippen molar-refractivity contribution in [3.05, 3.63) is 65.0 Å². The Labute approximate surface area is 162 Å². The van der Waals surface area contributed by atoms with Gasteiger partial charge in [-0.2, -0.15) is 5.26 Å². The Kier molecular flexibility index (Phi) is 5.64. The molecular weight excluding hydrogens is 334 g/mol. The molecule has 4 heteroatoms. The van der Waals surface area contributed by atoms with Crippen molar-refractivity contribution < 1.29 is 5.11 Å². The molecule has 1 aliphatic heterocycles. The molecule has 1 N–H and O–H groups in total. The number of aliphatic hydroxyl groups excluding tert-OH is 1. The third kappa shape index (κ3) is 4.21. The normalized spacial score (nSPS) is 20.6. The number of nitrogens with zero attached hydrogens (tertiary/aromatic N) is 3. The van der Waals surface area contributed by atoms with Crippen LogP contribution in [0.5, 0.6) is 0 Å². The third-order valence-corrected chi connectivity index (χ3v) is 6.11.